The third kappa shape index (κ3) is 3.77. The van der Waals surface area contributed by atoms with Gasteiger partial charge in [0.05, 0.1) is 31.1 Å². The summed E-state index contributed by atoms with van der Waals surface area (Å²) in [5.41, 5.74) is 2.31. The van der Waals surface area contributed by atoms with Gasteiger partial charge in [-0.05, 0) is 31.2 Å². The summed E-state index contributed by atoms with van der Waals surface area (Å²) < 4.78 is 26.9. The molecule has 1 aliphatic rings. The van der Waals surface area contributed by atoms with Crippen LogP contribution in [0.2, 0.25) is 0 Å². The zero-order valence-electron chi connectivity index (χ0n) is 13.3. The molecule has 0 amide bonds. The van der Waals surface area contributed by atoms with Gasteiger partial charge in [-0.15, -0.1) is 0 Å². The van der Waals surface area contributed by atoms with Crippen LogP contribution in [0.3, 0.4) is 0 Å². The minimum absolute atomic E-state index is 0.390. The van der Waals surface area contributed by atoms with E-state index in [1.807, 2.05) is 31.2 Å². The van der Waals surface area contributed by atoms with Crippen molar-refractivity contribution < 1.29 is 13.3 Å². The lowest BCUT2D eigenvalue weighted by Gasteiger charge is -2.31. The van der Waals surface area contributed by atoms with E-state index in [4.69, 9.17) is 0 Å². The molecule has 1 saturated heterocycles. The van der Waals surface area contributed by atoms with Crippen LogP contribution in [-0.4, -0.2) is 43.9 Å². The Morgan fingerprint density at radius 3 is 2.26 bits per heavy atom. The molecule has 6 heteroatoms. The van der Waals surface area contributed by atoms with Gasteiger partial charge in [0.15, 0.2) is 0 Å². The van der Waals surface area contributed by atoms with Crippen LogP contribution in [0.5, 0.6) is 0 Å². The van der Waals surface area contributed by atoms with Gasteiger partial charge in [-0.25, -0.2) is 8.42 Å². The largest absolute Gasteiger partial charge is 0.329 e. The zero-order valence-corrected chi connectivity index (χ0v) is 14.1. The lowest BCUT2D eigenvalue weighted by atomic mass is 10.2. The summed E-state index contributed by atoms with van der Waals surface area (Å²) in [5, 5.41) is 0. The van der Waals surface area contributed by atoms with Crippen molar-refractivity contribution in [1.29, 1.82) is 0 Å². The number of piperazine rings is 1. The number of sulfonamides is 1. The van der Waals surface area contributed by atoms with Gasteiger partial charge >= 0.3 is 0 Å². The van der Waals surface area contributed by atoms with Gasteiger partial charge in [0, 0.05) is 18.0 Å². The van der Waals surface area contributed by atoms with Gasteiger partial charge in [-0.1, -0.05) is 17.7 Å². The minimum Gasteiger partial charge on any atom is -0.329 e. The average Bonchev–Trinajstić information content (AvgIpc) is 2.57. The molecule has 0 atom stereocenters. The molecule has 122 valence electrons. The molecule has 0 bridgehead atoms. The molecular weight excluding hydrogens is 310 g/mol. The molecule has 2 aromatic rings. The highest BCUT2D eigenvalue weighted by Gasteiger charge is 2.30. The van der Waals surface area contributed by atoms with E-state index in [0.29, 0.717) is 18.0 Å². The number of benzene rings is 1. The van der Waals surface area contributed by atoms with Crippen molar-refractivity contribution in [2.24, 2.45) is 0 Å². The molecule has 5 nitrogen and oxygen atoms in total. The Morgan fingerprint density at radius 1 is 1.04 bits per heavy atom. The van der Waals surface area contributed by atoms with Gasteiger partial charge in [-0.2, -0.15) is 4.31 Å². The smallest absolute Gasteiger partial charge is 0.243 e. The van der Waals surface area contributed by atoms with E-state index < -0.39 is 10.0 Å². The summed E-state index contributed by atoms with van der Waals surface area (Å²) in [6.07, 6.45) is 3.60. The lowest BCUT2D eigenvalue weighted by molar-refractivity contribution is -0.917. The normalized spacial score (nSPS) is 17.3. The summed E-state index contributed by atoms with van der Waals surface area (Å²) in [6, 6.07) is 11.1. The summed E-state index contributed by atoms with van der Waals surface area (Å²) in [6.45, 7) is 5.66. The molecule has 3 rings (SSSR count). The fraction of sp³-hybridized carbons (Fsp3) is 0.353. The maximum atomic E-state index is 12.7. The van der Waals surface area contributed by atoms with Gasteiger partial charge in [0.25, 0.3) is 0 Å². The first-order chi connectivity index (χ1) is 11.1. The molecule has 0 unspecified atom stereocenters. The van der Waals surface area contributed by atoms with E-state index in [0.717, 1.165) is 25.2 Å². The van der Waals surface area contributed by atoms with Crippen LogP contribution in [0.15, 0.2) is 53.7 Å². The van der Waals surface area contributed by atoms with Gasteiger partial charge in [0.1, 0.15) is 6.54 Å². The van der Waals surface area contributed by atoms with Crippen LogP contribution in [-0.2, 0) is 16.6 Å². The first-order valence-corrected chi connectivity index (χ1v) is 9.29. The van der Waals surface area contributed by atoms with Crippen LogP contribution in [0.25, 0.3) is 0 Å². The number of pyridine rings is 1. The van der Waals surface area contributed by atoms with Crippen LogP contribution >= 0.6 is 0 Å². The average molecular weight is 332 g/mol. The lowest BCUT2D eigenvalue weighted by Crippen LogP contribution is -3.13. The second kappa shape index (κ2) is 6.78. The van der Waals surface area contributed by atoms with Crippen molar-refractivity contribution in [2.45, 2.75) is 18.4 Å². The summed E-state index contributed by atoms with van der Waals surface area (Å²) >= 11 is 0. The van der Waals surface area contributed by atoms with Crippen LogP contribution in [0.1, 0.15) is 11.1 Å². The molecule has 1 aliphatic heterocycles. The Bertz CT molecular complexity index is 737. The molecular formula is C17H22N3O2S+. The number of nitrogens with one attached hydrogen (secondary N) is 1. The quantitative estimate of drug-likeness (QED) is 0.886. The number of aromatic nitrogens is 1. The van der Waals surface area contributed by atoms with E-state index in [2.05, 4.69) is 4.98 Å². The van der Waals surface area contributed by atoms with Gasteiger partial charge < -0.3 is 4.90 Å². The first kappa shape index (κ1) is 16.1. The number of aryl methyl sites for hydroxylation is 1. The SMILES string of the molecule is Cc1ccc(S(=O)(=O)N2CC[NH+](Cc3ccncc3)CC2)cc1. The van der Waals surface area contributed by atoms with Crippen molar-refractivity contribution >= 4 is 10.0 Å². The highest BCUT2D eigenvalue weighted by molar-refractivity contribution is 7.89. The third-order valence-electron chi connectivity index (χ3n) is 4.29. The highest BCUT2D eigenvalue weighted by Crippen LogP contribution is 2.16. The van der Waals surface area contributed by atoms with E-state index in [9.17, 15) is 8.42 Å². The fourth-order valence-corrected chi connectivity index (χ4v) is 4.31. The van der Waals surface area contributed by atoms with Crippen LogP contribution < -0.4 is 4.90 Å². The molecule has 0 saturated carbocycles. The summed E-state index contributed by atoms with van der Waals surface area (Å²) in [4.78, 5) is 5.82. The maximum Gasteiger partial charge on any atom is 0.243 e. The Balaban J connectivity index is 1.63. The van der Waals surface area contributed by atoms with Crippen molar-refractivity contribution in [3.05, 3.63) is 59.9 Å². The number of hydrogen-bond donors (Lipinski definition) is 1. The zero-order chi connectivity index (χ0) is 16.3. The Morgan fingerprint density at radius 2 is 1.65 bits per heavy atom. The van der Waals surface area contributed by atoms with E-state index >= 15 is 0 Å². The Labute approximate surface area is 137 Å². The van der Waals surface area contributed by atoms with Gasteiger partial charge in [0.2, 0.25) is 10.0 Å². The predicted octanol–water partition coefficient (Wildman–Crippen LogP) is 0.479. The standard InChI is InChI=1S/C17H21N3O2S/c1-15-2-4-17(5-3-15)23(21,22)20-12-10-19(11-13-20)14-16-6-8-18-9-7-16/h2-9H,10-14H2,1H3/p+1. The first-order valence-electron chi connectivity index (χ1n) is 7.85. The van der Waals surface area contributed by atoms with Crippen molar-refractivity contribution in [2.75, 3.05) is 26.2 Å². The molecule has 2 heterocycles. The molecule has 1 fully saturated rings. The number of hydrogen-bond acceptors (Lipinski definition) is 3. The summed E-state index contributed by atoms with van der Waals surface area (Å²) in [5.74, 6) is 0. The molecule has 1 aromatic carbocycles. The topological polar surface area (TPSA) is 54.7 Å². The van der Waals surface area contributed by atoms with Crippen molar-refractivity contribution in [3.63, 3.8) is 0 Å². The summed E-state index contributed by atoms with van der Waals surface area (Å²) in [7, 11) is -3.37. The molecule has 1 aromatic heterocycles. The van der Waals surface area contributed by atoms with Gasteiger partial charge in [-0.3, -0.25) is 4.98 Å². The molecule has 1 N–H and O–H groups in total. The van der Waals surface area contributed by atoms with E-state index in [-0.39, 0.29) is 0 Å². The minimum atomic E-state index is -3.37. The number of nitrogens with zero attached hydrogens (tertiary/aromatic N) is 2. The third-order valence-corrected chi connectivity index (χ3v) is 6.20. The Kier molecular flexibility index (Phi) is 4.75. The van der Waals surface area contributed by atoms with Crippen LogP contribution in [0.4, 0.5) is 0 Å². The monoisotopic (exact) mass is 332 g/mol. The second-order valence-corrected chi connectivity index (χ2v) is 7.94. The fourth-order valence-electron chi connectivity index (χ4n) is 2.87. The van der Waals surface area contributed by atoms with E-state index in [1.165, 1.54) is 10.5 Å². The van der Waals surface area contributed by atoms with E-state index in [1.54, 1.807) is 28.8 Å². The molecule has 23 heavy (non-hydrogen) atoms. The van der Waals surface area contributed by atoms with Crippen molar-refractivity contribution in [1.82, 2.24) is 9.29 Å². The maximum absolute atomic E-state index is 12.7. The van der Waals surface area contributed by atoms with Crippen molar-refractivity contribution in [3.8, 4) is 0 Å². The molecule has 0 aliphatic carbocycles. The van der Waals surface area contributed by atoms with Crippen LogP contribution in [0, 0.1) is 6.92 Å². The number of quaternary nitrogens is 1. The molecule has 0 spiro atoms. The Hall–Kier alpha value is -1.76. The molecule has 0 radical (unpaired) electrons. The second-order valence-electron chi connectivity index (χ2n) is 6.00. The number of rotatable bonds is 4. The highest BCUT2D eigenvalue weighted by atomic mass is 32.2. The predicted molar refractivity (Wildman–Crippen MR) is 88.6 cm³/mol.